The van der Waals surface area contributed by atoms with Crippen LogP contribution in [0, 0.1) is 11.2 Å². The highest BCUT2D eigenvalue weighted by atomic mass is 35.5. The quantitative estimate of drug-likeness (QED) is 0.556. The van der Waals surface area contributed by atoms with Gasteiger partial charge in [0.25, 0.3) is 0 Å². The van der Waals surface area contributed by atoms with Crippen LogP contribution in [0.1, 0.15) is 32.6 Å². The molecule has 2 amide bonds. The lowest BCUT2D eigenvalue weighted by molar-refractivity contribution is -0.172. The van der Waals surface area contributed by atoms with Gasteiger partial charge in [-0.1, -0.05) is 23.2 Å². The average Bonchev–Trinajstić information content (AvgIpc) is 2.71. The minimum atomic E-state index is -0.599. The Hall–Kier alpha value is -2.64. The van der Waals surface area contributed by atoms with Crippen molar-refractivity contribution < 1.29 is 23.5 Å². The lowest BCUT2D eigenvalue weighted by Gasteiger charge is -2.70. The first-order valence-corrected chi connectivity index (χ1v) is 11.3. The summed E-state index contributed by atoms with van der Waals surface area (Å²) in [6.45, 7) is 1.18. The molecular weight excluding hydrogens is 470 g/mol. The molecule has 33 heavy (non-hydrogen) atoms. The molecule has 2 aromatic carbocycles. The molecule has 2 aromatic rings. The summed E-state index contributed by atoms with van der Waals surface area (Å²) in [6.07, 6.45) is 2.50. The molecule has 3 aliphatic rings. The van der Waals surface area contributed by atoms with Crippen LogP contribution < -0.4 is 15.0 Å². The summed E-state index contributed by atoms with van der Waals surface area (Å²) in [7, 11) is 0. The number of Topliss-reactive ketones (excluding diaryl/α,β-unsaturated/α-hetero) is 1. The van der Waals surface area contributed by atoms with E-state index in [9.17, 15) is 18.8 Å². The molecular formula is C24H23Cl2FN2O4. The molecule has 3 aliphatic carbocycles. The maximum Gasteiger partial charge on any atom is 0.240 e. The van der Waals surface area contributed by atoms with E-state index in [1.54, 1.807) is 24.3 Å². The lowest BCUT2D eigenvalue weighted by Crippen LogP contribution is -2.75. The van der Waals surface area contributed by atoms with E-state index >= 15 is 0 Å². The molecule has 174 valence electrons. The van der Waals surface area contributed by atoms with Gasteiger partial charge >= 0.3 is 0 Å². The Kier molecular flexibility index (Phi) is 6.38. The summed E-state index contributed by atoms with van der Waals surface area (Å²) in [4.78, 5) is 38.4. The molecule has 0 saturated heterocycles. The summed E-state index contributed by atoms with van der Waals surface area (Å²) in [5.74, 6) is -0.906. The molecule has 0 unspecified atom stereocenters. The molecule has 9 heteroatoms. The Bertz CT molecular complexity index is 1090. The number of carbonyl (C=O) groups is 3. The van der Waals surface area contributed by atoms with Gasteiger partial charge in [-0.25, -0.2) is 4.39 Å². The van der Waals surface area contributed by atoms with Gasteiger partial charge in [0.1, 0.15) is 24.7 Å². The first kappa shape index (κ1) is 23.5. The third kappa shape index (κ3) is 5.14. The molecule has 0 radical (unpaired) electrons. The number of nitrogens with one attached hydrogen (secondary N) is 1. The number of nitrogens with zero attached hydrogens (tertiary/aromatic N) is 1. The molecule has 0 aliphatic heterocycles. The van der Waals surface area contributed by atoms with Crippen LogP contribution in [0.25, 0.3) is 0 Å². The zero-order valence-corrected chi connectivity index (χ0v) is 19.5. The topological polar surface area (TPSA) is 75.7 Å². The van der Waals surface area contributed by atoms with Gasteiger partial charge in [-0.2, -0.15) is 0 Å². The van der Waals surface area contributed by atoms with Crippen molar-refractivity contribution in [2.24, 2.45) is 5.41 Å². The van der Waals surface area contributed by atoms with Gasteiger partial charge < -0.3 is 15.0 Å². The zero-order valence-electron chi connectivity index (χ0n) is 18.0. The van der Waals surface area contributed by atoms with Crippen LogP contribution in [0.2, 0.25) is 10.0 Å². The molecule has 0 aromatic heterocycles. The first-order chi connectivity index (χ1) is 15.6. The van der Waals surface area contributed by atoms with Gasteiger partial charge in [0.15, 0.2) is 5.78 Å². The van der Waals surface area contributed by atoms with Crippen molar-refractivity contribution in [2.45, 2.75) is 38.1 Å². The number of anilines is 1. The van der Waals surface area contributed by atoms with E-state index in [4.69, 9.17) is 27.9 Å². The Labute approximate surface area is 201 Å². The molecule has 6 nitrogen and oxygen atoms in total. The van der Waals surface area contributed by atoms with Crippen molar-refractivity contribution >= 4 is 46.5 Å². The third-order valence-electron chi connectivity index (χ3n) is 6.23. The smallest absolute Gasteiger partial charge is 0.240 e. The van der Waals surface area contributed by atoms with Crippen molar-refractivity contribution in [3.63, 3.8) is 0 Å². The number of amides is 2. The number of carbonyl (C=O) groups excluding carboxylic acids is 3. The highest BCUT2D eigenvalue weighted by Crippen LogP contribution is 2.69. The largest absolute Gasteiger partial charge is 0.486 e. The van der Waals surface area contributed by atoms with E-state index in [-0.39, 0.29) is 52.5 Å². The fraction of sp³-hybridized carbons (Fsp3) is 0.375. The van der Waals surface area contributed by atoms with Crippen LogP contribution in [-0.4, -0.2) is 36.3 Å². The number of halogens is 3. The predicted octanol–water partition coefficient (Wildman–Crippen LogP) is 4.56. The second-order valence-corrected chi connectivity index (χ2v) is 9.86. The number of ether oxygens (including phenoxy) is 1. The SMILES string of the molecule is CC(=O)N(CC(=O)NC12CC(CC(=O)COc3ccc(Cl)c(F)c3)(C1)C2)c1ccc(Cl)cc1. The van der Waals surface area contributed by atoms with E-state index < -0.39 is 5.82 Å². The standard InChI is InChI=1S/C24H23Cl2FN2O4/c1-15(30)29(17-4-2-16(25)3-5-17)10-22(32)28-24-12-23(13-24,14-24)9-18(31)11-33-19-6-7-20(26)21(27)8-19/h2-8H,9-14H2,1H3,(H,28,32). The maximum absolute atomic E-state index is 13.5. The monoisotopic (exact) mass is 492 g/mol. The van der Waals surface area contributed by atoms with Crippen molar-refractivity contribution in [3.05, 3.63) is 58.3 Å². The van der Waals surface area contributed by atoms with E-state index in [2.05, 4.69) is 5.32 Å². The molecule has 5 rings (SSSR count). The van der Waals surface area contributed by atoms with Crippen molar-refractivity contribution in [3.8, 4) is 5.75 Å². The maximum atomic E-state index is 13.5. The van der Waals surface area contributed by atoms with Gasteiger partial charge in [0.2, 0.25) is 11.8 Å². The predicted molar refractivity (Wildman–Crippen MR) is 123 cm³/mol. The van der Waals surface area contributed by atoms with Crippen LogP contribution in [-0.2, 0) is 14.4 Å². The fourth-order valence-corrected chi connectivity index (χ4v) is 5.25. The minimum absolute atomic E-state index is 0.00511. The van der Waals surface area contributed by atoms with Gasteiger partial charge in [-0.3, -0.25) is 14.4 Å². The molecule has 3 saturated carbocycles. The van der Waals surface area contributed by atoms with Crippen LogP contribution in [0.3, 0.4) is 0 Å². The summed E-state index contributed by atoms with van der Waals surface area (Å²) in [5.41, 5.74) is 0.178. The molecule has 2 bridgehead atoms. The highest BCUT2D eigenvalue weighted by molar-refractivity contribution is 6.31. The second-order valence-electron chi connectivity index (χ2n) is 9.02. The van der Waals surface area contributed by atoms with Crippen LogP contribution in [0.15, 0.2) is 42.5 Å². The fourth-order valence-electron chi connectivity index (χ4n) is 5.00. The van der Waals surface area contributed by atoms with Crippen molar-refractivity contribution in [1.82, 2.24) is 5.32 Å². The van der Waals surface area contributed by atoms with Crippen LogP contribution in [0.4, 0.5) is 10.1 Å². The van der Waals surface area contributed by atoms with Crippen LogP contribution in [0.5, 0.6) is 5.75 Å². The first-order valence-electron chi connectivity index (χ1n) is 10.5. The number of ketones is 1. The number of hydrogen-bond acceptors (Lipinski definition) is 4. The van der Waals surface area contributed by atoms with Crippen LogP contribution >= 0.6 is 23.2 Å². The van der Waals surface area contributed by atoms with Gasteiger partial charge in [0.05, 0.1) is 5.02 Å². The molecule has 0 spiro atoms. The lowest BCUT2D eigenvalue weighted by atomic mass is 9.38. The van der Waals surface area contributed by atoms with E-state index in [0.29, 0.717) is 36.4 Å². The van der Waals surface area contributed by atoms with Gasteiger partial charge in [-0.15, -0.1) is 0 Å². The van der Waals surface area contributed by atoms with Crippen molar-refractivity contribution in [2.75, 3.05) is 18.1 Å². The highest BCUT2D eigenvalue weighted by Gasteiger charge is 2.68. The van der Waals surface area contributed by atoms with E-state index in [0.717, 1.165) is 6.07 Å². The van der Waals surface area contributed by atoms with E-state index in [1.165, 1.54) is 24.0 Å². The number of hydrogen-bond donors (Lipinski definition) is 1. The number of rotatable bonds is 9. The molecule has 3 fully saturated rings. The number of benzene rings is 2. The average molecular weight is 493 g/mol. The molecule has 0 atom stereocenters. The Morgan fingerprint density at radius 2 is 1.76 bits per heavy atom. The summed E-state index contributed by atoms with van der Waals surface area (Å²) < 4.78 is 18.8. The Morgan fingerprint density at radius 3 is 2.36 bits per heavy atom. The Morgan fingerprint density at radius 1 is 1.09 bits per heavy atom. The van der Waals surface area contributed by atoms with E-state index in [1.807, 2.05) is 0 Å². The van der Waals surface area contributed by atoms with Gasteiger partial charge in [-0.05, 0) is 61.1 Å². The molecule has 0 heterocycles. The van der Waals surface area contributed by atoms with Crippen molar-refractivity contribution in [1.29, 1.82) is 0 Å². The Balaban J connectivity index is 1.23. The minimum Gasteiger partial charge on any atom is -0.486 e. The van der Waals surface area contributed by atoms with Gasteiger partial charge in [0, 0.05) is 35.7 Å². The second kappa shape index (κ2) is 8.95. The zero-order chi connectivity index (χ0) is 23.8. The summed E-state index contributed by atoms with van der Waals surface area (Å²) >= 11 is 11.5. The summed E-state index contributed by atoms with van der Waals surface area (Å²) in [5, 5.41) is 3.58. The third-order valence-corrected chi connectivity index (χ3v) is 6.79. The normalized spacial score (nSPS) is 22.5. The molecule has 1 N–H and O–H groups in total. The summed E-state index contributed by atoms with van der Waals surface area (Å²) in [6, 6.07) is 10.8.